The molecule has 0 aliphatic heterocycles. The molecular formula is C25H17NOS2. The molecule has 0 atom stereocenters. The van der Waals surface area contributed by atoms with Gasteiger partial charge in [0.2, 0.25) is 5.91 Å². The van der Waals surface area contributed by atoms with Crippen molar-refractivity contribution < 1.29 is 4.79 Å². The molecule has 2 heterocycles. The van der Waals surface area contributed by atoms with Gasteiger partial charge in [-0.05, 0) is 46.3 Å². The zero-order chi connectivity index (χ0) is 19.8. The number of nitrogens with two attached hydrogens (primary N) is 1. The average Bonchev–Trinajstić information content (AvgIpc) is 3.41. The minimum atomic E-state index is -0.399. The number of rotatable bonds is 4. The van der Waals surface area contributed by atoms with Crippen LogP contribution in [0.2, 0.25) is 0 Å². The zero-order valence-electron chi connectivity index (χ0n) is 15.5. The standard InChI is InChI=1S/C25H17NOS2/c26-25(27)19-12-13-21-20(15-19)23(22-7-4-14-28-22)24(29-21)18-10-8-17(9-11-18)16-5-2-1-3-6-16/h1-15H,(H2,26,27). The van der Waals surface area contributed by atoms with Gasteiger partial charge in [-0.1, -0.05) is 60.7 Å². The molecule has 5 aromatic rings. The molecule has 29 heavy (non-hydrogen) atoms. The molecule has 4 heteroatoms. The average molecular weight is 412 g/mol. The van der Waals surface area contributed by atoms with Crippen LogP contribution < -0.4 is 5.73 Å². The highest BCUT2D eigenvalue weighted by Gasteiger charge is 2.18. The van der Waals surface area contributed by atoms with Crippen molar-refractivity contribution in [2.24, 2.45) is 5.73 Å². The fourth-order valence-electron chi connectivity index (χ4n) is 3.56. The first kappa shape index (κ1) is 17.9. The van der Waals surface area contributed by atoms with Gasteiger partial charge in [0, 0.05) is 31.0 Å². The maximum absolute atomic E-state index is 11.7. The highest BCUT2D eigenvalue weighted by molar-refractivity contribution is 7.23. The molecule has 5 rings (SSSR count). The first-order valence-electron chi connectivity index (χ1n) is 9.27. The Morgan fingerprint density at radius 1 is 0.759 bits per heavy atom. The minimum absolute atomic E-state index is 0.399. The number of amides is 1. The maximum atomic E-state index is 11.7. The van der Waals surface area contributed by atoms with Gasteiger partial charge in [-0.25, -0.2) is 0 Å². The van der Waals surface area contributed by atoms with Crippen LogP contribution in [-0.4, -0.2) is 5.91 Å². The van der Waals surface area contributed by atoms with Crippen molar-refractivity contribution in [1.29, 1.82) is 0 Å². The minimum Gasteiger partial charge on any atom is -0.366 e. The quantitative estimate of drug-likeness (QED) is 0.338. The van der Waals surface area contributed by atoms with Crippen molar-refractivity contribution in [3.05, 3.63) is 95.9 Å². The van der Waals surface area contributed by atoms with Crippen LogP contribution in [0.4, 0.5) is 0 Å². The first-order chi connectivity index (χ1) is 14.2. The fourth-order valence-corrected chi connectivity index (χ4v) is 5.62. The van der Waals surface area contributed by atoms with E-state index in [0.29, 0.717) is 5.56 Å². The molecule has 0 unspecified atom stereocenters. The lowest BCUT2D eigenvalue weighted by Gasteiger charge is -2.06. The number of primary amides is 1. The van der Waals surface area contributed by atoms with Gasteiger partial charge in [-0.2, -0.15) is 0 Å². The van der Waals surface area contributed by atoms with Gasteiger partial charge in [0.15, 0.2) is 0 Å². The molecule has 1 amide bonds. The Balaban J connectivity index is 1.68. The molecule has 0 radical (unpaired) electrons. The van der Waals surface area contributed by atoms with Gasteiger partial charge in [0.25, 0.3) is 0 Å². The summed E-state index contributed by atoms with van der Waals surface area (Å²) in [7, 11) is 0. The molecule has 140 valence electrons. The van der Waals surface area contributed by atoms with E-state index in [0.717, 1.165) is 10.1 Å². The highest BCUT2D eigenvalue weighted by atomic mass is 32.1. The Labute approximate surface area is 176 Å². The van der Waals surface area contributed by atoms with E-state index in [1.807, 2.05) is 24.3 Å². The fraction of sp³-hybridized carbons (Fsp3) is 0. The van der Waals surface area contributed by atoms with Crippen molar-refractivity contribution in [2.45, 2.75) is 0 Å². The Morgan fingerprint density at radius 2 is 1.48 bits per heavy atom. The number of fused-ring (bicyclic) bond motifs is 1. The molecule has 2 N–H and O–H groups in total. The van der Waals surface area contributed by atoms with E-state index in [2.05, 4.69) is 66.0 Å². The molecule has 0 aliphatic carbocycles. The molecule has 0 saturated carbocycles. The smallest absolute Gasteiger partial charge is 0.248 e. The zero-order valence-corrected chi connectivity index (χ0v) is 17.1. The third kappa shape index (κ3) is 3.27. The summed E-state index contributed by atoms with van der Waals surface area (Å²) >= 11 is 3.46. The third-order valence-electron chi connectivity index (χ3n) is 4.99. The molecule has 2 aromatic heterocycles. The highest BCUT2D eigenvalue weighted by Crippen LogP contribution is 2.46. The van der Waals surface area contributed by atoms with Crippen LogP contribution in [0, 0.1) is 0 Å². The topological polar surface area (TPSA) is 43.1 Å². The van der Waals surface area contributed by atoms with Crippen molar-refractivity contribution in [3.63, 3.8) is 0 Å². The summed E-state index contributed by atoms with van der Waals surface area (Å²) in [6.45, 7) is 0. The summed E-state index contributed by atoms with van der Waals surface area (Å²) in [4.78, 5) is 14.1. The Hall–Kier alpha value is -3.21. The predicted octanol–water partition coefficient (Wildman–Crippen LogP) is 7.06. The molecule has 2 nitrogen and oxygen atoms in total. The predicted molar refractivity (Wildman–Crippen MR) is 125 cm³/mol. The summed E-state index contributed by atoms with van der Waals surface area (Å²) in [5.74, 6) is -0.399. The van der Waals surface area contributed by atoms with Crippen molar-refractivity contribution in [1.82, 2.24) is 0 Å². The first-order valence-corrected chi connectivity index (χ1v) is 11.0. The van der Waals surface area contributed by atoms with Crippen LogP contribution in [-0.2, 0) is 0 Å². The van der Waals surface area contributed by atoms with Gasteiger partial charge >= 0.3 is 0 Å². The molecule has 0 bridgehead atoms. The van der Waals surface area contributed by atoms with Gasteiger partial charge in [-0.3, -0.25) is 4.79 Å². The summed E-state index contributed by atoms with van der Waals surface area (Å²) < 4.78 is 1.15. The number of thiophene rings is 2. The third-order valence-corrected chi connectivity index (χ3v) is 7.10. The molecule has 0 saturated heterocycles. The van der Waals surface area contributed by atoms with E-state index < -0.39 is 5.91 Å². The van der Waals surface area contributed by atoms with E-state index >= 15 is 0 Å². The maximum Gasteiger partial charge on any atom is 0.248 e. The van der Waals surface area contributed by atoms with Gasteiger partial charge < -0.3 is 5.73 Å². The van der Waals surface area contributed by atoms with E-state index in [-0.39, 0.29) is 0 Å². The number of carbonyl (C=O) groups excluding carboxylic acids is 1. The largest absolute Gasteiger partial charge is 0.366 e. The van der Waals surface area contributed by atoms with Crippen LogP contribution in [0.3, 0.4) is 0 Å². The lowest BCUT2D eigenvalue weighted by molar-refractivity contribution is 0.100. The second-order valence-corrected chi connectivity index (χ2v) is 8.80. The van der Waals surface area contributed by atoms with E-state index in [1.54, 1.807) is 22.7 Å². The summed E-state index contributed by atoms with van der Waals surface area (Å²) in [5, 5.41) is 3.16. The Kier molecular flexibility index (Phi) is 4.51. The van der Waals surface area contributed by atoms with Crippen LogP contribution in [0.5, 0.6) is 0 Å². The summed E-state index contributed by atoms with van der Waals surface area (Å²) in [6.07, 6.45) is 0. The van der Waals surface area contributed by atoms with Gasteiger partial charge in [0.1, 0.15) is 0 Å². The lowest BCUT2D eigenvalue weighted by atomic mass is 10.00. The Bertz CT molecular complexity index is 1300. The SMILES string of the molecule is NC(=O)c1ccc2sc(-c3ccc(-c4ccccc4)cc3)c(-c3cccs3)c2c1. The molecule has 0 fully saturated rings. The lowest BCUT2D eigenvalue weighted by Crippen LogP contribution is -2.10. The van der Waals surface area contributed by atoms with Crippen LogP contribution in [0.15, 0.2) is 90.3 Å². The normalized spacial score (nSPS) is 11.0. The summed E-state index contributed by atoms with van der Waals surface area (Å²) in [5.41, 5.74) is 10.8. The second kappa shape index (κ2) is 7.32. The van der Waals surface area contributed by atoms with Crippen molar-refractivity contribution in [2.75, 3.05) is 0 Å². The van der Waals surface area contributed by atoms with Crippen LogP contribution in [0.25, 0.3) is 42.1 Å². The molecule has 3 aromatic carbocycles. The molecular weight excluding hydrogens is 394 g/mol. The van der Waals surface area contributed by atoms with Gasteiger partial charge in [-0.15, -0.1) is 22.7 Å². The van der Waals surface area contributed by atoms with E-state index in [9.17, 15) is 4.79 Å². The second-order valence-electron chi connectivity index (χ2n) is 6.80. The number of carbonyl (C=O) groups is 1. The van der Waals surface area contributed by atoms with Gasteiger partial charge in [0.05, 0.1) is 0 Å². The van der Waals surface area contributed by atoms with Crippen molar-refractivity contribution in [3.8, 4) is 32.0 Å². The van der Waals surface area contributed by atoms with Crippen LogP contribution in [0.1, 0.15) is 10.4 Å². The number of hydrogen-bond acceptors (Lipinski definition) is 3. The van der Waals surface area contributed by atoms with E-state index in [1.165, 1.54) is 32.0 Å². The number of benzene rings is 3. The molecule has 0 spiro atoms. The number of hydrogen-bond donors (Lipinski definition) is 1. The van der Waals surface area contributed by atoms with Crippen LogP contribution >= 0.6 is 22.7 Å². The monoisotopic (exact) mass is 411 g/mol. The summed E-state index contributed by atoms with van der Waals surface area (Å²) in [6, 6.07) is 29.0. The van der Waals surface area contributed by atoms with E-state index in [4.69, 9.17) is 5.73 Å². The molecule has 0 aliphatic rings. The van der Waals surface area contributed by atoms with Crippen molar-refractivity contribution >= 4 is 38.7 Å². The Morgan fingerprint density at radius 3 is 2.17 bits per heavy atom.